The van der Waals surface area contributed by atoms with E-state index < -0.39 is 0 Å². The Labute approximate surface area is 85.5 Å². The Morgan fingerprint density at radius 3 is 2.92 bits per heavy atom. The lowest BCUT2D eigenvalue weighted by Crippen LogP contribution is -2.19. The Hall–Kier alpha value is -0.580. The van der Waals surface area contributed by atoms with Crippen molar-refractivity contribution in [2.45, 2.75) is 6.42 Å². The second-order valence-electron chi connectivity index (χ2n) is 2.48. The molecule has 1 amide bonds. The van der Waals surface area contributed by atoms with Gasteiger partial charge in [0.2, 0.25) is 5.91 Å². The molecule has 1 N–H and O–H groups in total. The van der Waals surface area contributed by atoms with E-state index in [1.165, 1.54) is 0 Å². The highest BCUT2D eigenvalue weighted by molar-refractivity contribution is 14.1. The van der Waals surface area contributed by atoms with Crippen LogP contribution < -0.4 is 5.32 Å². The molecular weight excluding hydrogens is 265 g/mol. The maximum Gasteiger partial charge on any atom is 0.224 e. The number of hydrogen-bond acceptors (Lipinski definition) is 1. The molecule has 0 aromatic heterocycles. The molecule has 3 heteroatoms. The van der Waals surface area contributed by atoms with Crippen LogP contribution in [0.2, 0.25) is 0 Å². The number of nitrogens with one attached hydrogen (secondary N) is 1. The molecule has 0 fully saturated rings. The Balaban J connectivity index is 2.69. The normalized spacial score (nSPS) is 9.50. The number of carbonyl (C=O) groups excluding carboxylic acids is 1. The highest BCUT2D eigenvalue weighted by atomic mass is 127. The first-order valence-corrected chi connectivity index (χ1v) is 4.75. The summed E-state index contributed by atoms with van der Waals surface area (Å²) in [7, 11) is 1.65. The van der Waals surface area contributed by atoms with E-state index in [1.54, 1.807) is 7.05 Å². The second-order valence-corrected chi connectivity index (χ2v) is 3.73. The van der Waals surface area contributed by atoms with E-state index in [0.29, 0.717) is 6.42 Å². The molecule has 1 aromatic carbocycles. The van der Waals surface area contributed by atoms with Crippen LogP contribution in [0, 0.1) is 3.57 Å². The van der Waals surface area contributed by atoms with Gasteiger partial charge in [0.05, 0.1) is 6.42 Å². The van der Waals surface area contributed by atoms with Gasteiger partial charge < -0.3 is 5.32 Å². The SMILES string of the molecule is CNC(=O)Cc1cccc(I)c1. The minimum absolute atomic E-state index is 0.0528. The van der Waals surface area contributed by atoms with Crippen molar-refractivity contribution in [1.29, 1.82) is 0 Å². The predicted molar refractivity (Wildman–Crippen MR) is 56.9 cm³/mol. The summed E-state index contributed by atoms with van der Waals surface area (Å²) in [5.74, 6) is 0.0528. The van der Waals surface area contributed by atoms with Gasteiger partial charge in [0.1, 0.15) is 0 Å². The van der Waals surface area contributed by atoms with Gasteiger partial charge in [0.25, 0.3) is 0 Å². The summed E-state index contributed by atoms with van der Waals surface area (Å²) in [5, 5.41) is 2.59. The predicted octanol–water partition coefficient (Wildman–Crippen LogP) is 1.58. The maximum atomic E-state index is 11.0. The van der Waals surface area contributed by atoms with E-state index in [-0.39, 0.29) is 5.91 Å². The largest absolute Gasteiger partial charge is 0.359 e. The zero-order chi connectivity index (χ0) is 8.97. The number of likely N-dealkylation sites (N-methyl/N-ethyl adjacent to an activating group) is 1. The summed E-state index contributed by atoms with van der Waals surface area (Å²) in [6.07, 6.45) is 0.466. The van der Waals surface area contributed by atoms with Gasteiger partial charge in [-0.1, -0.05) is 12.1 Å². The Kier molecular flexibility index (Phi) is 3.52. The molecule has 0 aliphatic carbocycles. The van der Waals surface area contributed by atoms with Crippen LogP contribution >= 0.6 is 22.6 Å². The number of benzene rings is 1. The van der Waals surface area contributed by atoms with E-state index in [0.717, 1.165) is 9.13 Å². The van der Waals surface area contributed by atoms with Gasteiger partial charge in [0, 0.05) is 10.6 Å². The van der Waals surface area contributed by atoms with Gasteiger partial charge in [0.15, 0.2) is 0 Å². The third kappa shape index (κ3) is 2.81. The topological polar surface area (TPSA) is 29.1 Å². The van der Waals surface area contributed by atoms with Crippen LogP contribution in [0.25, 0.3) is 0 Å². The van der Waals surface area contributed by atoms with Crippen molar-refractivity contribution < 1.29 is 4.79 Å². The van der Waals surface area contributed by atoms with E-state index >= 15 is 0 Å². The maximum absolute atomic E-state index is 11.0. The van der Waals surface area contributed by atoms with Crippen molar-refractivity contribution in [3.05, 3.63) is 33.4 Å². The number of hydrogen-bond donors (Lipinski definition) is 1. The molecule has 0 radical (unpaired) electrons. The van der Waals surface area contributed by atoms with E-state index in [4.69, 9.17) is 0 Å². The molecule has 0 spiro atoms. The molecular formula is C9H10INO. The van der Waals surface area contributed by atoms with Crippen molar-refractivity contribution in [3.8, 4) is 0 Å². The number of rotatable bonds is 2. The number of amides is 1. The van der Waals surface area contributed by atoms with Crippen molar-refractivity contribution in [2.24, 2.45) is 0 Å². The summed E-state index contributed by atoms with van der Waals surface area (Å²) >= 11 is 2.23. The average Bonchev–Trinajstić information content (AvgIpc) is 2.04. The first-order valence-electron chi connectivity index (χ1n) is 3.67. The molecule has 0 heterocycles. The molecule has 0 saturated heterocycles. The number of carbonyl (C=O) groups is 1. The van der Waals surface area contributed by atoms with Gasteiger partial charge in [-0.25, -0.2) is 0 Å². The molecule has 0 aliphatic rings. The van der Waals surface area contributed by atoms with E-state index in [9.17, 15) is 4.79 Å². The molecule has 1 rings (SSSR count). The molecule has 12 heavy (non-hydrogen) atoms. The van der Waals surface area contributed by atoms with Crippen molar-refractivity contribution in [1.82, 2.24) is 5.32 Å². The number of halogens is 1. The standard InChI is InChI=1S/C9H10INO/c1-11-9(12)6-7-3-2-4-8(10)5-7/h2-5H,6H2,1H3,(H,11,12). The zero-order valence-electron chi connectivity index (χ0n) is 6.80. The molecule has 0 aliphatic heterocycles. The molecule has 0 atom stereocenters. The summed E-state index contributed by atoms with van der Waals surface area (Å²) in [4.78, 5) is 11.0. The van der Waals surface area contributed by atoms with Gasteiger partial charge in [-0.2, -0.15) is 0 Å². The monoisotopic (exact) mass is 275 g/mol. The van der Waals surface area contributed by atoms with Crippen LogP contribution in [0.5, 0.6) is 0 Å². The van der Waals surface area contributed by atoms with Gasteiger partial charge in [-0.05, 0) is 40.3 Å². The van der Waals surface area contributed by atoms with E-state index in [1.807, 2.05) is 24.3 Å². The Morgan fingerprint density at radius 1 is 1.58 bits per heavy atom. The first kappa shape index (κ1) is 9.51. The van der Waals surface area contributed by atoms with Crippen LogP contribution in [0.3, 0.4) is 0 Å². The van der Waals surface area contributed by atoms with Crippen LogP contribution in [0.15, 0.2) is 24.3 Å². The van der Waals surface area contributed by atoms with Gasteiger partial charge >= 0.3 is 0 Å². The van der Waals surface area contributed by atoms with Crippen molar-refractivity contribution >= 4 is 28.5 Å². The quantitative estimate of drug-likeness (QED) is 0.816. The zero-order valence-corrected chi connectivity index (χ0v) is 8.96. The third-order valence-corrected chi connectivity index (χ3v) is 2.20. The van der Waals surface area contributed by atoms with Gasteiger partial charge in [-0.15, -0.1) is 0 Å². The molecule has 2 nitrogen and oxygen atoms in total. The van der Waals surface area contributed by atoms with Crippen LogP contribution in [0.4, 0.5) is 0 Å². The van der Waals surface area contributed by atoms with Crippen LogP contribution in [-0.4, -0.2) is 13.0 Å². The smallest absolute Gasteiger partial charge is 0.224 e. The summed E-state index contributed by atoms with van der Waals surface area (Å²) < 4.78 is 1.16. The summed E-state index contributed by atoms with van der Waals surface area (Å²) in [5.41, 5.74) is 1.06. The lowest BCUT2D eigenvalue weighted by molar-refractivity contribution is -0.119. The molecule has 1 aromatic rings. The molecule has 0 unspecified atom stereocenters. The highest BCUT2D eigenvalue weighted by Gasteiger charge is 1.99. The fraction of sp³-hybridized carbons (Fsp3) is 0.222. The van der Waals surface area contributed by atoms with Crippen LogP contribution in [0.1, 0.15) is 5.56 Å². The minimum atomic E-state index is 0.0528. The Morgan fingerprint density at radius 2 is 2.33 bits per heavy atom. The average molecular weight is 275 g/mol. The minimum Gasteiger partial charge on any atom is -0.359 e. The van der Waals surface area contributed by atoms with Crippen molar-refractivity contribution in [3.63, 3.8) is 0 Å². The van der Waals surface area contributed by atoms with Gasteiger partial charge in [-0.3, -0.25) is 4.79 Å². The van der Waals surface area contributed by atoms with Crippen LogP contribution in [-0.2, 0) is 11.2 Å². The molecule has 0 saturated carbocycles. The lowest BCUT2D eigenvalue weighted by Gasteiger charge is -1.99. The fourth-order valence-electron chi connectivity index (χ4n) is 0.921. The summed E-state index contributed by atoms with van der Waals surface area (Å²) in [6.45, 7) is 0. The van der Waals surface area contributed by atoms with E-state index in [2.05, 4.69) is 27.9 Å². The Bertz CT molecular complexity index is 286. The van der Waals surface area contributed by atoms with Crippen molar-refractivity contribution in [2.75, 3.05) is 7.05 Å². The third-order valence-electron chi connectivity index (χ3n) is 1.53. The highest BCUT2D eigenvalue weighted by Crippen LogP contribution is 2.07. The lowest BCUT2D eigenvalue weighted by atomic mass is 10.1. The first-order chi connectivity index (χ1) is 5.72. The fourth-order valence-corrected chi connectivity index (χ4v) is 1.53. The second kappa shape index (κ2) is 4.45. The molecule has 0 bridgehead atoms. The summed E-state index contributed by atoms with van der Waals surface area (Å²) in [6, 6.07) is 7.93. The molecule has 64 valence electrons.